The van der Waals surface area contributed by atoms with Crippen molar-refractivity contribution < 1.29 is 9.18 Å². The minimum absolute atomic E-state index is 0.0628. The smallest absolute Gasteiger partial charge is 0.266 e. The molecular formula is C22H22Cl2FN3O2. The van der Waals surface area contributed by atoms with Gasteiger partial charge in [-0.15, -0.1) is 0 Å². The van der Waals surface area contributed by atoms with Gasteiger partial charge in [-0.1, -0.05) is 61.3 Å². The molecule has 0 aliphatic rings. The lowest BCUT2D eigenvalue weighted by atomic mass is 10.1. The van der Waals surface area contributed by atoms with Crippen molar-refractivity contribution in [1.29, 1.82) is 0 Å². The molecule has 0 N–H and O–H groups in total. The summed E-state index contributed by atoms with van der Waals surface area (Å²) in [6.07, 6.45) is 0. The second kappa shape index (κ2) is 9.14. The molecule has 1 unspecified atom stereocenters. The summed E-state index contributed by atoms with van der Waals surface area (Å²) < 4.78 is 15.9. The Morgan fingerprint density at radius 1 is 1.10 bits per heavy atom. The number of halogens is 3. The van der Waals surface area contributed by atoms with Gasteiger partial charge in [0.1, 0.15) is 11.6 Å². The van der Waals surface area contributed by atoms with Crippen LogP contribution in [-0.4, -0.2) is 31.7 Å². The van der Waals surface area contributed by atoms with Gasteiger partial charge in [0, 0.05) is 6.54 Å². The van der Waals surface area contributed by atoms with E-state index >= 15 is 0 Å². The summed E-state index contributed by atoms with van der Waals surface area (Å²) in [6.45, 7) is 5.96. The molecule has 0 aliphatic heterocycles. The number of benzene rings is 2. The molecule has 0 aliphatic carbocycles. The van der Waals surface area contributed by atoms with E-state index in [0.717, 1.165) is 0 Å². The van der Waals surface area contributed by atoms with Crippen LogP contribution in [-0.2, 0) is 4.79 Å². The van der Waals surface area contributed by atoms with Crippen molar-refractivity contribution in [3.8, 4) is 5.69 Å². The van der Waals surface area contributed by atoms with Crippen molar-refractivity contribution in [2.75, 3.05) is 6.54 Å². The highest BCUT2D eigenvalue weighted by molar-refractivity contribution is 6.53. The molecule has 2 aromatic carbocycles. The van der Waals surface area contributed by atoms with E-state index in [1.165, 1.54) is 21.6 Å². The van der Waals surface area contributed by atoms with E-state index in [1.54, 1.807) is 43.3 Å². The summed E-state index contributed by atoms with van der Waals surface area (Å²) in [5.41, 5.74) is 0.104. The number of alkyl halides is 2. The Labute approximate surface area is 184 Å². The van der Waals surface area contributed by atoms with E-state index in [4.69, 9.17) is 23.2 Å². The third kappa shape index (κ3) is 4.35. The van der Waals surface area contributed by atoms with Crippen molar-refractivity contribution in [2.24, 2.45) is 5.92 Å². The van der Waals surface area contributed by atoms with Crippen LogP contribution in [0, 0.1) is 11.7 Å². The molecule has 158 valence electrons. The maximum atomic E-state index is 14.7. The summed E-state index contributed by atoms with van der Waals surface area (Å²) in [5.74, 6) is -0.731. The fraction of sp³-hybridized carbons (Fsp3) is 0.318. The third-order valence-corrected chi connectivity index (χ3v) is 5.14. The van der Waals surface area contributed by atoms with Crippen LogP contribution in [0.1, 0.15) is 32.6 Å². The van der Waals surface area contributed by atoms with Crippen LogP contribution in [0.25, 0.3) is 16.6 Å². The Hall–Kier alpha value is -2.44. The molecule has 0 saturated heterocycles. The van der Waals surface area contributed by atoms with Gasteiger partial charge < -0.3 is 4.90 Å². The summed E-state index contributed by atoms with van der Waals surface area (Å²) in [4.78, 5) is 30.9. The molecule has 0 saturated carbocycles. The summed E-state index contributed by atoms with van der Waals surface area (Å²) in [5, 5.41) is 0.353. The van der Waals surface area contributed by atoms with E-state index in [1.807, 2.05) is 13.8 Å². The molecule has 3 rings (SSSR count). The van der Waals surface area contributed by atoms with Gasteiger partial charge in [0.15, 0.2) is 4.84 Å². The van der Waals surface area contributed by atoms with Gasteiger partial charge in [0.2, 0.25) is 0 Å². The van der Waals surface area contributed by atoms with Crippen molar-refractivity contribution in [3.63, 3.8) is 0 Å². The first kappa shape index (κ1) is 22.2. The van der Waals surface area contributed by atoms with E-state index in [9.17, 15) is 14.0 Å². The molecule has 1 atom stereocenters. The zero-order chi connectivity index (χ0) is 22.0. The van der Waals surface area contributed by atoms with Crippen LogP contribution in [0.2, 0.25) is 0 Å². The first-order chi connectivity index (χ1) is 14.2. The van der Waals surface area contributed by atoms with Gasteiger partial charge in [-0.05, 0) is 37.1 Å². The molecular weight excluding hydrogens is 428 g/mol. The SMILES string of the molecule is CC(C)CN(C(=O)C(Cl)Cl)C(C)c1nc2ccccc2c(=O)n1-c1ccccc1F. The van der Waals surface area contributed by atoms with E-state index in [-0.39, 0.29) is 17.4 Å². The Balaban J connectivity index is 2.30. The monoisotopic (exact) mass is 449 g/mol. The van der Waals surface area contributed by atoms with Crippen molar-refractivity contribution in [3.05, 3.63) is 70.5 Å². The fourth-order valence-corrected chi connectivity index (χ4v) is 3.64. The minimum Gasteiger partial charge on any atom is -0.330 e. The second-order valence-corrected chi connectivity index (χ2v) is 8.54. The number of fused-ring (bicyclic) bond motifs is 1. The molecule has 30 heavy (non-hydrogen) atoms. The number of hydrogen-bond acceptors (Lipinski definition) is 3. The first-order valence-electron chi connectivity index (χ1n) is 9.57. The van der Waals surface area contributed by atoms with E-state index in [0.29, 0.717) is 17.4 Å². The zero-order valence-corrected chi connectivity index (χ0v) is 18.4. The van der Waals surface area contributed by atoms with Gasteiger partial charge >= 0.3 is 0 Å². The number of nitrogens with zero attached hydrogens (tertiary/aromatic N) is 3. The number of amides is 1. The number of hydrogen-bond donors (Lipinski definition) is 0. The van der Waals surface area contributed by atoms with Gasteiger partial charge in [0.25, 0.3) is 11.5 Å². The highest BCUT2D eigenvalue weighted by Gasteiger charge is 2.30. The van der Waals surface area contributed by atoms with Crippen molar-refractivity contribution in [1.82, 2.24) is 14.5 Å². The molecule has 1 aromatic heterocycles. The molecule has 0 fully saturated rings. The molecule has 8 heteroatoms. The molecule has 0 bridgehead atoms. The van der Waals surface area contributed by atoms with Crippen molar-refractivity contribution >= 4 is 40.0 Å². The predicted molar refractivity (Wildman–Crippen MR) is 118 cm³/mol. The highest BCUT2D eigenvalue weighted by Crippen LogP contribution is 2.26. The zero-order valence-electron chi connectivity index (χ0n) is 16.8. The predicted octanol–water partition coefficient (Wildman–Crippen LogP) is 4.87. The summed E-state index contributed by atoms with van der Waals surface area (Å²) >= 11 is 11.7. The van der Waals surface area contributed by atoms with Crippen LogP contribution >= 0.6 is 23.2 Å². The van der Waals surface area contributed by atoms with Gasteiger partial charge in [0.05, 0.1) is 22.6 Å². The maximum absolute atomic E-state index is 14.7. The summed E-state index contributed by atoms with van der Waals surface area (Å²) in [7, 11) is 0. The van der Waals surface area contributed by atoms with Crippen LogP contribution in [0.3, 0.4) is 0 Å². The summed E-state index contributed by atoms with van der Waals surface area (Å²) in [6, 6.07) is 12.1. The number of carbonyl (C=O) groups excluding carboxylic acids is 1. The molecule has 3 aromatic rings. The number of carbonyl (C=O) groups is 1. The first-order valence-corrected chi connectivity index (χ1v) is 10.4. The average Bonchev–Trinajstić information content (AvgIpc) is 2.71. The minimum atomic E-state index is -1.26. The Morgan fingerprint density at radius 3 is 2.37 bits per heavy atom. The lowest BCUT2D eigenvalue weighted by molar-refractivity contribution is -0.132. The van der Waals surface area contributed by atoms with Crippen LogP contribution in [0.5, 0.6) is 0 Å². The van der Waals surface area contributed by atoms with Crippen LogP contribution < -0.4 is 5.56 Å². The number of aromatic nitrogens is 2. The fourth-order valence-electron chi connectivity index (χ4n) is 3.39. The Morgan fingerprint density at radius 2 is 1.73 bits per heavy atom. The second-order valence-electron chi connectivity index (χ2n) is 7.44. The van der Waals surface area contributed by atoms with Crippen LogP contribution in [0.4, 0.5) is 4.39 Å². The highest BCUT2D eigenvalue weighted by atomic mass is 35.5. The Kier molecular flexibility index (Phi) is 6.78. The normalized spacial score (nSPS) is 12.5. The molecule has 0 radical (unpaired) electrons. The standard InChI is InChI=1S/C22H22Cl2FN3O2/c1-13(2)12-27(22(30)19(23)24)14(3)20-26-17-10-6-4-8-15(17)21(29)28(20)18-11-7-5-9-16(18)25/h4-11,13-14,19H,12H2,1-3H3. The lowest BCUT2D eigenvalue weighted by Crippen LogP contribution is -2.41. The molecule has 1 heterocycles. The number of para-hydroxylation sites is 2. The van der Waals surface area contributed by atoms with E-state index < -0.39 is 28.2 Å². The van der Waals surface area contributed by atoms with E-state index in [2.05, 4.69) is 4.98 Å². The quantitative estimate of drug-likeness (QED) is 0.504. The van der Waals surface area contributed by atoms with Gasteiger partial charge in [-0.3, -0.25) is 14.2 Å². The van der Waals surface area contributed by atoms with Crippen LogP contribution in [0.15, 0.2) is 53.3 Å². The largest absolute Gasteiger partial charge is 0.330 e. The topological polar surface area (TPSA) is 55.2 Å². The van der Waals surface area contributed by atoms with Gasteiger partial charge in [-0.2, -0.15) is 0 Å². The average molecular weight is 450 g/mol. The van der Waals surface area contributed by atoms with Gasteiger partial charge in [-0.25, -0.2) is 9.37 Å². The number of rotatable bonds is 6. The molecule has 0 spiro atoms. The third-order valence-electron chi connectivity index (χ3n) is 4.77. The lowest BCUT2D eigenvalue weighted by Gasteiger charge is -2.32. The van der Waals surface area contributed by atoms with Crippen molar-refractivity contribution in [2.45, 2.75) is 31.6 Å². The molecule has 1 amide bonds. The molecule has 5 nitrogen and oxygen atoms in total. The maximum Gasteiger partial charge on any atom is 0.266 e. The Bertz CT molecular complexity index is 1130.